The lowest BCUT2D eigenvalue weighted by atomic mass is 10.0. The van der Waals surface area contributed by atoms with E-state index in [9.17, 15) is 0 Å². The summed E-state index contributed by atoms with van der Waals surface area (Å²) in [5, 5.41) is 4.92. The van der Waals surface area contributed by atoms with E-state index in [0.29, 0.717) is 6.04 Å². The van der Waals surface area contributed by atoms with E-state index in [1.54, 1.807) is 0 Å². The van der Waals surface area contributed by atoms with Gasteiger partial charge in [0.1, 0.15) is 0 Å². The highest BCUT2D eigenvalue weighted by Gasteiger charge is 2.21. The minimum absolute atomic E-state index is 0.197. The number of nitrogens with one attached hydrogen (secondary N) is 1. The fourth-order valence-electron chi connectivity index (χ4n) is 1.77. The normalized spacial score (nSPS) is 14.1. The first-order valence-electron chi connectivity index (χ1n) is 6.13. The van der Waals surface area contributed by atoms with Crippen molar-refractivity contribution in [3.8, 4) is 0 Å². The molecule has 0 bridgehead atoms. The van der Waals surface area contributed by atoms with E-state index in [1.807, 2.05) is 11.3 Å². The van der Waals surface area contributed by atoms with Crippen molar-refractivity contribution in [3.63, 3.8) is 0 Å². The standard InChI is InChI=1S/C13H24N2S/c1-7-11-14-9(3)12(16-11)10(4)15-13(5,6)8-2/h10,15H,7-8H2,1-6H3. The topological polar surface area (TPSA) is 24.9 Å². The Morgan fingerprint density at radius 2 is 2.00 bits per heavy atom. The Balaban J connectivity index is 2.80. The summed E-state index contributed by atoms with van der Waals surface area (Å²) in [6.07, 6.45) is 2.17. The van der Waals surface area contributed by atoms with Gasteiger partial charge in [0.25, 0.3) is 0 Å². The van der Waals surface area contributed by atoms with Gasteiger partial charge in [0.05, 0.1) is 10.7 Å². The van der Waals surface area contributed by atoms with Crippen molar-refractivity contribution in [2.75, 3.05) is 0 Å². The maximum absolute atomic E-state index is 4.58. The molecule has 0 saturated heterocycles. The van der Waals surface area contributed by atoms with Crippen LogP contribution in [0.2, 0.25) is 0 Å². The highest BCUT2D eigenvalue weighted by molar-refractivity contribution is 7.11. The van der Waals surface area contributed by atoms with Gasteiger partial charge in [-0.15, -0.1) is 11.3 Å². The molecule has 0 aliphatic carbocycles. The van der Waals surface area contributed by atoms with Gasteiger partial charge in [-0.05, 0) is 40.5 Å². The van der Waals surface area contributed by atoms with Crippen LogP contribution in [0.15, 0.2) is 0 Å². The Bertz CT molecular complexity index is 342. The molecular formula is C13H24N2S. The van der Waals surface area contributed by atoms with Crippen LogP contribution in [0.4, 0.5) is 0 Å². The van der Waals surface area contributed by atoms with Crippen LogP contribution in [0, 0.1) is 6.92 Å². The molecule has 1 aromatic heterocycles. The summed E-state index contributed by atoms with van der Waals surface area (Å²) in [5.41, 5.74) is 1.39. The number of nitrogens with zero attached hydrogens (tertiary/aromatic N) is 1. The lowest BCUT2D eigenvalue weighted by molar-refractivity contribution is 0.339. The summed E-state index contributed by atoms with van der Waals surface area (Å²) in [6, 6.07) is 0.396. The molecule has 1 rings (SSSR count). The third kappa shape index (κ3) is 3.29. The monoisotopic (exact) mass is 240 g/mol. The summed E-state index contributed by atoms with van der Waals surface area (Å²) >= 11 is 1.85. The molecule has 3 heteroatoms. The first-order chi connectivity index (χ1) is 7.39. The van der Waals surface area contributed by atoms with Crippen LogP contribution < -0.4 is 5.32 Å². The first kappa shape index (κ1) is 13.7. The second kappa shape index (κ2) is 5.28. The largest absolute Gasteiger partial charge is 0.304 e. The third-order valence-corrected chi connectivity index (χ3v) is 4.55. The van der Waals surface area contributed by atoms with Gasteiger partial charge in [0.15, 0.2) is 0 Å². The maximum atomic E-state index is 4.58. The molecule has 0 radical (unpaired) electrons. The Morgan fingerprint density at radius 1 is 1.38 bits per heavy atom. The zero-order valence-electron chi connectivity index (χ0n) is 11.3. The minimum atomic E-state index is 0.197. The van der Waals surface area contributed by atoms with Gasteiger partial charge >= 0.3 is 0 Å². The zero-order chi connectivity index (χ0) is 12.3. The summed E-state index contributed by atoms with van der Waals surface area (Å²) < 4.78 is 0. The molecule has 16 heavy (non-hydrogen) atoms. The number of hydrogen-bond acceptors (Lipinski definition) is 3. The molecule has 0 aromatic carbocycles. The average Bonchev–Trinajstić information content (AvgIpc) is 2.59. The van der Waals surface area contributed by atoms with Crippen LogP contribution in [0.5, 0.6) is 0 Å². The molecule has 92 valence electrons. The van der Waals surface area contributed by atoms with Crippen LogP contribution in [0.25, 0.3) is 0 Å². The van der Waals surface area contributed by atoms with Gasteiger partial charge in [-0.1, -0.05) is 13.8 Å². The van der Waals surface area contributed by atoms with Crippen molar-refractivity contribution in [2.24, 2.45) is 0 Å². The van der Waals surface area contributed by atoms with Crippen LogP contribution in [0.1, 0.15) is 62.7 Å². The molecular weight excluding hydrogens is 216 g/mol. The molecule has 0 aliphatic rings. The van der Waals surface area contributed by atoms with E-state index in [2.05, 4.69) is 51.8 Å². The van der Waals surface area contributed by atoms with Gasteiger partial charge in [-0.3, -0.25) is 0 Å². The average molecular weight is 240 g/mol. The number of aromatic nitrogens is 1. The predicted octanol–water partition coefficient (Wildman–Crippen LogP) is 3.85. The summed E-state index contributed by atoms with van der Waals surface area (Å²) in [7, 11) is 0. The lowest BCUT2D eigenvalue weighted by Gasteiger charge is -2.28. The predicted molar refractivity (Wildman–Crippen MR) is 72.1 cm³/mol. The molecule has 0 spiro atoms. The van der Waals surface area contributed by atoms with Crippen molar-refractivity contribution in [1.82, 2.24) is 10.3 Å². The van der Waals surface area contributed by atoms with Gasteiger partial charge in [0.2, 0.25) is 0 Å². The van der Waals surface area contributed by atoms with Crippen LogP contribution >= 0.6 is 11.3 Å². The summed E-state index contributed by atoms with van der Waals surface area (Å²) in [6.45, 7) is 13.2. The highest BCUT2D eigenvalue weighted by Crippen LogP contribution is 2.27. The van der Waals surface area contributed by atoms with E-state index < -0.39 is 0 Å². The Kier molecular flexibility index (Phi) is 4.51. The maximum Gasteiger partial charge on any atom is 0.0928 e. The third-order valence-electron chi connectivity index (χ3n) is 3.06. The van der Waals surface area contributed by atoms with Crippen molar-refractivity contribution in [1.29, 1.82) is 0 Å². The number of rotatable bonds is 5. The van der Waals surface area contributed by atoms with Crippen molar-refractivity contribution in [2.45, 2.75) is 66.0 Å². The van der Waals surface area contributed by atoms with E-state index in [4.69, 9.17) is 0 Å². The molecule has 0 saturated carbocycles. The van der Waals surface area contributed by atoms with E-state index in [0.717, 1.165) is 12.8 Å². The SMILES string of the molecule is CCc1nc(C)c(C(C)NC(C)(C)CC)s1. The molecule has 2 nitrogen and oxygen atoms in total. The van der Waals surface area contributed by atoms with Gasteiger partial charge in [-0.25, -0.2) is 4.98 Å². The Hall–Kier alpha value is -0.410. The van der Waals surface area contributed by atoms with Gasteiger partial charge in [-0.2, -0.15) is 0 Å². The quantitative estimate of drug-likeness (QED) is 0.845. The number of hydrogen-bond donors (Lipinski definition) is 1. The Morgan fingerprint density at radius 3 is 2.44 bits per heavy atom. The smallest absolute Gasteiger partial charge is 0.0928 e. The van der Waals surface area contributed by atoms with Crippen LogP contribution in [0.3, 0.4) is 0 Å². The fourth-order valence-corrected chi connectivity index (χ4v) is 2.78. The van der Waals surface area contributed by atoms with Crippen molar-refractivity contribution >= 4 is 11.3 Å². The van der Waals surface area contributed by atoms with E-state index in [1.165, 1.54) is 15.6 Å². The summed E-state index contributed by atoms with van der Waals surface area (Å²) in [4.78, 5) is 5.97. The second-order valence-corrected chi connectivity index (χ2v) is 6.13. The molecule has 0 amide bonds. The molecule has 1 heterocycles. The van der Waals surface area contributed by atoms with E-state index >= 15 is 0 Å². The summed E-state index contributed by atoms with van der Waals surface area (Å²) in [5.74, 6) is 0. The minimum Gasteiger partial charge on any atom is -0.304 e. The fraction of sp³-hybridized carbons (Fsp3) is 0.769. The van der Waals surface area contributed by atoms with Crippen molar-refractivity contribution in [3.05, 3.63) is 15.6 Å². The second-order valence-electron chi connectivity index (χ2n) is 5.01. The van der Waals surface area contributed by atoms with Crippen LogP contribution in [-0.2, 0) is 6.42 Å². The van der Waals surface area contributed by atoms with Crippen molar-refractivity contribution < 1.29 is 0 Å². The number of aryl methyl sites for hydroxylation is 2. The highest BCUT2D eigenvalue weighted by atomic mass is 32.1. The zero-order valence-corrected chi connectivity index (χ0v) is 12.2. The van der Waals surface area contributed by atoms with Gasteiger partial charge in [0, 0.05) is 16.5 Å². The van der Waals surface area contributed by atoms with E-state index in [-0.39, 0.29) is 5.54 Å². The molecule has 1 aromatic rings. The molecule has 1 atom stereocenters. The Labute approximate surface area is 103 Å². The molecule has 0 fully saturated rings. The molecule has 1 N–H and O–H groups in total. The molecule has 0 aliphatic heterocycles. The van der Waals surface area contributed by atoms with Crippen LogP contribution in [-0.4, -0.2) is 10.5 Å². The lowest BCUT2D eigenvalue weighted by Crippen LogP contribution is -2.40. The molecule has 1 unspecified atom stereocenters. The first-order valence-corrected chi connectivity index (χ1v) is 6.95. The number of thiazole rings is 1. The van der Waals surface area contributed by atoms with Gasteiger partial charge < -0.3 is 5.32 Å².